The van der Waals surface area contributed by atoms with E-state index in [1.54, 1.807) is 0 Å². The zero-order chi connectivity index (χ0) is 19.1. The first kappa shape index (κ1) is 19.6. The first-order chi connectivity index (χ1) is 12.4. The van der Waals surface area contributed by atoms with Crippen molar-refractivity contribution in [3.63, 3.8) is 0 Å². The molecule has 0 aromatic heterocycles. The summed E-state index contributed by atoms with van der Waals surface area (Å²) in [5.41, 5.74) is 0.890. The highest BCUT2D eigenvalue weighted by atomic mass is 16.5. The fourth-order valence-corrected chi connectivity index (χ4v) is 2.72. The Labute approximate surface area is 153 Å². The van der Waals surface area contributed by atoms with Gasteiger partial charge in [0.05, 0.1) is 12.5 Å². The van der Waals surface area contributed by atoms with Gasteiger partial charge in [-0.25, -0.2) is 4.79 Å². The maximum absolute atomic E-state index is 12.5. The van der Waals surface area contributed by atoms with Crippen LogP contribution in [0, 0.1) is 0 Å². The highest BCUT2D eigenvalue weighted by Gasteiger charge is 2.34. The number of hydrogen-bond acceptors (Lipinski definition) is 4. The van der Waals surface area contributed by atoms with Crippen molar-refractivity contribution in [2.75, 3.05) is 20.1 Å². The van der Waals surface area contributed by atoms with Gasteiger partial charge < -0.3 is 25.6 Å². The summed E-state index contributed by atoms with van der Waals surface area (Å²) in [4.78, 5) is 37.6. The van der Waals surface area contributed by atoms with Crippen LogP contribution in [0.3, 0.4) is 0 Å². The third kappa shape index (κ3) is 5.37. The molecule has 26 heavy (non-hydrogen) atoms. The van der Waals surface area contributed by atoms with E-state index in [0.29, 0.717) is 19.6 Å². The predicted molar refractivity (Wildman–Crippen MR) is 96.6 cm³/mol. The van der Waals surface area contributed by atoms with Crippen molar-refractivity contribution in [1.82, 2.24) is 20.9 Å². The third-order valence-electron chi connectivity index (χ3n) is 3.96. The van der Waals surface area contributed by atoms with Crippen molar-refractivity contribution in [2.45, 2.75) is 39.0 Å². The van der Waals surface area contributed by atoms with Crippen LogP contribution in [0.5, 0.6) is 5.75 Å². The van der Waals surface area contributed by atoms with E-state index >= 15 is 0 Å². The Morgan fingerprint density at radius 1 is 1.38 bits per heavy atom. The molecule has 1 aromatic rings. The van der Waals surface area contributed by atoms with Crippen LogP contribution in [-0.2, 0) is 16.1 Å². The minimum absolute atomic E-state index is 0.0620. The Morgan fingerprint density at radius 3 is 2.85 bits per heavy atom. The highest BCUT2D eigenvalue weighted by molar-refractivity contribution is 5.92. The molecule has 2 rings (SSSR count). The molecule has 8 nitrogen and oxygen atoms in total. The molecule has 1 fully saturated rings. The Balaban J connectivity index is 1.99. The second-order valence-corrected chi connectivity index (χ2v) is 6.35. The molecule has 1 atom stereocenters. The number of hydrogen-bond donors (Lipinski definition) is 3. The number of rotatable bonds is 6. The number of urea groups is 1. The van der Waals surface area contributed by atoms with E-state index in [2.05, 4.69) is 16.0 Å². The number of piperazine rings is 1. The summed E-state index contributed by atoms with van der Waals surface area (Å²) in [5, 5.41) is 7.98. The Kier molecular flexibility index (Phi) is 6.82. The van der Waals surface area contributed by atoms with Crippen LogP contribution in [0.25, 0.3) is 0 Å². The molecule has 1 aromatic carbocycles. The Bertz CT molecular complexity index is 662. The molecule has 0 saturated carbocycles. The fourth-order valence-electron chi connectivity index (χ4n) is 2.72. The molecule has 0 unspecified atom stereocenters. The van der Waals surface area contributed by atoms with Crippen molar-refractivity contribution >= 4 is 17.8 Å². The third-order valence-corrected chi connectivity index (χ3v) is 3.96. The molecule has 4 amide bonds. The van der Waals surface area contributed by atoms with Gasteiger partial charge in [0.15, 0.2) is 0 Å². The molecule has 0 spiro atoms. The molecule has 8 heteroatoms. The van der Waals surface area contributed by atoms with E-state index in [1.165, 1.54) is 11.9 Å². The minimum atomic E-state index is -0.806. The zero-order valence-corrected chi connectivity index (χ0v) is 15.4. The lowest BCUT2D eigenvalue weighted by molar-refractivity contribution is -0.132. The van der Waals surface area contributed by atoms with Crippen LogP contribution in [0.15, 0.2) is 24.3 Å². The SMILES string of the molecule is CNC(=O)C[C@@H]1C(=O)NCCN1C(=O)NCc1cccc(OC(C)C)c1. The van der Waals surface area contributed by atoms with Crippen molar-refractivity contribution in [3.8, 4) is 5.75 Å². The van der Waals surface area contributed by atoms with E-state index in [1.807, 2.05) is 38.1 Å². The normalized spacial score (nSPS) is 16.8. The monoisotopic (exact) mass is 362 g/mol. The summed E-state index contributed by atoms with van der Waals surface area (Å²) in [7, 11) is 1.50. The van der Waals surface area contributed by atoms with E-state index in [0.717, 1.165) is 11.3 Å². The number of nitrogens with zero attached hydrogens (tertiary/aromatic N) is 1. The van der Waals surface area contributed by atoms with Crippen LogP contribution in [0.2, 0.25) is 0 Å². The van der Waals surface area contributed by atoms with Crippen LogP contribution in [0.1, 0.15) is 25.8 Å². The van der Waals surface area contributed by atoms with E-state index in [4.69, 9.17) is 4.74 Å². The van der Waals surface area contributed by atoms with E-state index < -0.39 is 6.04 Å². The molecule has 0 bridgehead atoms. The maximum atomic E-state index is 12.5. The number of carbonyl (C=O) groups is 3. The van der Waals surface area contributed by atoms with Crippen molar-refractivity contribution in [2.24, 2.45) is 0 Å². The molecule has 1 aliphatic rings. The standard InChI is InChI=1S/C18H26N4O4/c1-12(2)26-14-6-4-5-13(9-14)11-21-18(25)22-8-7-20-17(24)15(22)10-16(23)19-3/h4-6,9,12,15H,7-8,10-11H2,1-3H3,(H,19,23)(H,20,24)(H,21,25)/t15-/m1/s1. The lowest BCUT2D eigenvalue weighted by Crippen LogP contribution is -2.60. The second-order valence-electron chi connectivity index (χ2n) is 6.35. The van der Waals surface area contributed by atoms with Crippen molar-refractivity contribution in [3.05, 3.63) is 29.8 Å². The molecule has 1 heterocycles. The van der Waals surface area contributed by atoms with Crippen LogP contribution < -0.4 is 20.7 Å². The van der Waals surface area contributed by atoms with E-state index in [-0.39, 0.29) is 30.4 Å². The van der Waals surface area contributed by atoms with Gasteiger partial charge in [0, 0.05) is 26.7 Å². The van der Waals surface area contributed by atoms with Crippen molar-refractivity contribution in [1.29, 1.82) is 0 Å². The smallest absolute Gasteiger partial charge is 0.318 e. The topological polar surface area (TPSA) is 99.8 Å². The molecule has 1 aliphatic heterocycles. The summed E-state index contributed by atoms with van der Waals surface area (Å²) in [6.45, 7) is 4.92. The highest BCUT2D eigenvalue weighted by Crippen LogP contribution is 2.15. The number of ether oxygens (including phenoxy) is 1. The molecular weight excluding hydrogens is 336 g/mol. The lowest BCUT2D eigenvalue weighted by Gasteiger charge is -2.34. The minimum Gasteiger partial charge on any atom is -0.491 e. The molecular formula is C18H26N4O4. The zero-order valence-electron chi connectivity index (χ0n) is 15.4. The van der Waals surface area contributed by atoms with Crippen molar-refractivity contribution < 1.29 is 19.1 Å². The quantitative estimate of drug-likeness (QED) is 0.691. The summed E-state index contributed by atoms with van der Waals surface area (Å²) in [6, 6.07) is 6.30. The summed E-state index contributed by atoms with van der Waals surface area (Å²) >= 11 is 0. The molecule has 1 saturated heterocycles. The van der Waals surface area contributed by atoms with Gasteiger partial charge in [-0.2, -0.15) is 0 Å². The Morgan fingerprint density at radius 2 is 2.15 bits per heavy atom. The molecule has 0 aliphatic carbocycles. The largest absolute Gasteiger partial charge is 0.491 e. The fraction of sp³-hybridized carbons (Fsp3) is 0.500. The summed E-state index contributed by atoms with van der Waals surface area (Å²) in [5.74, 6) is 0.132. The van der Waals surface area contributed by atoms with Gasteiger partial charge in [-0.3, -0.25) is 9.59 Å². The van der Waals surface area contributed by atoms with Gasteiger partial charge in [0.25, 0.3) is 0 Å². The second kappa shape index (κ2) is 9.07. The first-order valence-corrected chi connectivity index (χ1v) is 8.69. The average Bonchev–Trinajstić information content (AvgIpc) is 2.61. The summed E-state index contributed by atoms with van der Waals surface area (Å²) < 4.78 is 5.64. The van der Waals surface area contributed by atoms with E-state index in [9.17, 15) is 14.4 Å². The van der Waals surface area contributed by atoms with Gasteiger partial charge >= 0.3 is 6.03 Å². The van der Waals surface area contributed by atoms with Gasteiger partial charge in [-0.1, -0.05) is 12.1 Å². The number of benzene rings is 1. The van der Waals surface area contributed by atoms with Crippen LogP contribution in [-0.4, -0.2) is 55.0 Å². The summed E-state index contributed by atoms with van der Waals surface area (Å²) in [6.07, 6.45) is 0.00479. The van der Waals surface area contributed by atoms with Gasteiger partial charge in [-0.15, -0.1) is 0 Å². The number of carbonyl (C=O) groups excluding carboxylic acids is 3. The van der Waals surface area contributed by atoms with Gasteiger partial charge in [0.1, 0.15) is 11.8 Å². The van der Waals surface area contributed by atoms with Crippen LogP contribution in [0.4, 0.5) is 4.79 Å². The molecule has 3 N–H and O–H groups in total. The van der Waals surface area contributed by atoms with Crippen LogP contribution >= 0.6 is 0 Å². The molecule has 0 radical (unpaired) electrons. The number of nitrogens with one attached hydrogen (secondary N) is 3. The average molecular weight is 362 g/mol. The lowest BCUT2D eigenvalue weighted by atomic mass is 10.1. The Hall–Kier alpha value is -2.77. The number of amides is 4. The first-order valence-electron chi connectivity index (χ1n) is 8.69. The van der Waals surface area contributed by atoms with Gasteiger partial charge in [-0.05, 0) is 31.5 Å². The maximum Gasteiger partial charge on any atom is 0.318 e. The van der Waals surface area contributed by atoms with Gasteiger partial charge in [0.2, 0.25) is 11.8 Å². The molecule has 142 valence electrons. The predicted octanol–water partition coefficient (Wildman–Crippen LogP) is 0.620.